The predicted molar refractivity (Wildman–Crippen MR) is 141 cm³/mol. The molecule has 17 nitrogen and oxygen atoms in total. The third-order valence-corrected chi connectivity index (χ3v) is 7.46. The lowest BCUT2D eigenvalue weighted by Crippen LogP contribution is -2.63. The minimum atomic E-state index is -1.88. The lowest BCUT2D eigenvalue weighted by atomic mass is 9.98. The minimum Gasteiger partial charge on any atom is -0.497 e. The Morgan fingerprint density at radius 1 is 0.727 bits per heavy atom. The molecule has 1 aromatic rings. The highest BCUT2D eigenvalue weighted by molar-refractivity contribution is 5.87. The number of ether oxygens (including phenoxy) is 7. The Morgan fingerprint density at radius 2 is 1.30 bits per heavy atom. The molecule has 9 N–H and O–H groups in total. The molecule has 0 amide bonds. The third-order valence-electron chi connectivity index (χ3n) is 7.46. The molecule has 4 rings (SSSR count). The molecule has 0 unspecified atom stereocenters. The summed E-state index contributed by atoms with van der Waals surface area (Å²) >= 11 is 0. The molecule has 3 fully saturated rings. The Morgan fingerprint density at radius 3 is 1.91 bits per heavy atom. The number of hydrogen-bond donors (Lipinski definition) is 9. The molecule has 14 atom stereocenters. The van der Waals surface area contributed by atoms with Crippen LogP contribution in [0.3, 0.4) is 0 Å². The van der Waals surface area contributed by atoms with Gasteiger partial charge in [-0.3, -0.25) is 0 Å². The second-order valence-corrected chi connectivity index (χ2v) is 10.4. The summed E-state index contributed by atoms with van der Waals surface area (Å²) in [5, 5.41) is 91.4. The van der Waals surface area contributed by atoms with Gasteiger partial charge in [0.15, 0.2) is 12.6 Å². The van der Waals surface area contributed by atoms with Crippen molar-refractivity contribution in [1.29, 1.82) is 0 Å². The number of hydrogen-bond acceptors (Lipinski definition) is 17. The maximum atomic E-state index is 12.6. The molecule has 44 heavy (non-hydrogen) atoms. The first-order valence-corrected chi connectivity index (χ1v) is 13.7. The Bertz CT molecular complexity index is 1080. The number of esters is 1. The van der Waals surface area contributed by atoms with Gasteiger partial charge in [0.05, 0.1) is 26.9 Å². The van der Waals surface area contributed by atoms with Gasteiger partial charge in [0.25, 0.3) is 0 Å². The fraction of sp³-hybridized carbons (Fsp3) is 0.667. The first-order valence-electron chi connectivity index (χ1n) is 13.7. The second kappa shape index (κ2) is 15.3. The number of aliphatic hydroxyl groups excluding tert-OH is 9. The van der Waals surface area contributed by atoms with E-state index in [-0.39, 0.29) is 0 Å². The summed E-state index contributed by atoms with van der Waals surface area (Å²) < 4.78 is 37.5. The van der Waals surface area contributed by atoms with Crippen molar-refractivity contribution in [3.8, 4) is 5.75 Å². The zero-order valence-electron chi connectivity index (χ0n) is 23.5. The molecule has 3 aliphatic rings. The summed E-state index contributed by atoms with van der Waals surface area (Å²) in [7, 11) is 1.50. The summed E-state index contributed by atoms with van der Waals surface area (Å²) in [6, 6.07) is 6.67. The minimum absolute atomic E-state index is 0.596. The summed E-state index contributed by atoms with van der Waals surface area (Å²) in [5.41, 5.74) is 0.611. The van der Waals surface area contributed by atoms with Gasteiger partial charge in [0.1, 0.15) is 72.9 Å². The van der Waals surface area contributed by atoms with Crippen LogP contribution in [0.1, 0.15) is 5.56 Å². The highest BCUT2D eigenvalue weighted by atomic mass is 16.8. The lowest BCUT2D eigenvalue weighted by molar-refractivity contribution is -0.340. The molecule has 3 saturated heterocycles. The maximum Gasteiger partial charge on any atom is 0.333 e. The zero-order chi connectivity index (χ0) is 32.1. The van der Waals surface area contributed by atoms with Crippen molar-refractivity contribution in [2.45, 2.75) is 86.0 Å². The first kappa shape index (κ1) is 34.5. The molecule has 1 aromatic carbocycles. The molecule has 0 aliphatic carbocycles. The van der Waals surface area contributed by atoms with Crippen LogP contribution in [0, 0.1) is 0 Å². The Hall–Kier alpha value is -2.33. The van der Waals surface area contributed by atoms with Gasteiger partial charge in [-0.15, -0.1) is 0 Å². The van der Waals surface area contributed by atoms with E-state index in [0.29, 0.717) is 11.3 Å². The van der Waals surface area contributed by atoms with Crippen LogP contribution in [0.25, 0.3) is 6.08 Å². The fourth-order valence-electron chi connectivity index (χ4n) is 4.86. The van der Waals surface area contributed by atoms with E-state index in [1.165, 1.54) is 13.2 Å². The van der Waals surface area contributed by atoms with Crippen LogP contribution in [0.15, 0.2) is 30.3 Å². The van der Waals surface area contributed by atoms with Crippen LogP contribution < -0.4 is 4.74 Å². The molecular weight excluding hydrogens is 596 g/mol. The van der Waals surface area contributed by atoms with Gasteiger partial charge in [-0.25, -0.2) is 4.79 Å². The Balaban J connectivity index is 1.48. The smallest absolute Gasteiger partial charge is 0.333 e. The summed E-state index contributed by atoms with van der Waals surface area (Å²) in [6.45, 7) is -2.03. The van der Waals surface area contributed by atoms with Crippen molar-refractivity contribution < 1.29 is 83.9 Å². The molecule has 0 aromatic heterocycles. The average molecular weight is 635 g/mol. The maximum absolute atomic E-state index is 12.6. The number of aliphatic hydroxyl groups is 9. The monoisotopic (exact) mass is 634 g/mol. The number of methoxy groups -OCH3 is 1. The van der Waals surface area contributed by atoms with Gasteiger partial charge in [0.2, 0.25) is 6.29 Å². The Labute approximate surface area is 250 Å². The number of carbonyl (C=O) groups excluding carboxylic acids is 1. The van der Waals surface area contributed by atoms with Crippen LogP contribution in [0.4, 0.5) is 0 Å². The van der Waals surface area contributed by atoms with Crippen molar-refractivity contribution in [3.05, 3.63) is 35.9 Å². The van der Waals surface area contributed by atoms with E-state index in [0.717, 1.165) is 6.08 Å². The van der Waals surface area contributed by atoms with Gasteiger partial charge in [-0.2, -0.15) is 0 Å². The van der Waals surface area contributed by atoms with E-state index in [1.54, 1.807) is 24.3 Å². The molecule has 0 spiro atoms. The normalized spacial score (nSPS) is 41.1. The van der Waals surface area contributed by atoms with E-state index in [9.17, 15) is 50.8 Å². The largest absolute Gasteiger partial charge is 0.497 e. The van der Waals surface area contributed by atoms with Crippen molar-refractivity contribution in [3.63, 3.8) is 0 Å². The van der Waals surface area contributed by atoms with Crippen LogP contribution in [0.5, 0.6) is 5.75 Å². The predicted octanol–water partition coefficient (Wildman–Crippen LogP) is -4.66. The van der Waals surface area contributed by atoms with E-state index >= 15 is 0 Å². The van der Waals surface area contributed by atoms with Crippen LogP contribution in [-0.4, -0.2) is 165 Å². The highest BCUT2D eigenvalue weighted by Gasteiger charge is 2.52. The van der Waals surface area contributed by atoms with Gasteiger partial charge < -0.3 is 79.1 Å². The molecule has 17 heteroatoms. The SMILES string of the molecule is COc1ccc(/C=C/C(=O)O[C@@H]2O[C@H](CO[C@@H]3O[C@H](CO)[C@@H](O)[C@H](O)[C@H]3O)[C@@H](O)[C@H](O[C@@H]3O[C@@H](CO)[C@H](O)[C@H]3O)[C@H]2O)cc1. The van der Waals surface area contributed by atoms with E-state index < -0.39 is 112 Å². The van der Waals surface area contributed by atoms with Crippen LogP contribution >= 0.6 is 0 Å². The fourth-order valence-corrected chi connectivity index (χ4v) is 4.86. The quantitative estimate of drug-likeness (QED) is 0.0818. The number of rotatable bonds is 11. The van der Waals surface area contributed by atoms with Crippen molar-refractivity contribution in [2.24, 2.45) is 0 Å². The van der Waals surface area contributed by atoms with Crippen LogP contribution in [0.2, 0.25) is 0 Å². The molecule has 3 aliphatic heterocycles. The van der Waals surface area contributed by atoms with Crippen molar-refractivity contribution in [1.82, 2.24) is 0 Å². The van der Waals surface area contributed by atoms with Crippen molar-refractivity contribution >= 4 is 12.0 Å². The van der Waals surface area contributed by atoms with Gasteiger partial charge in [0, 0.05) is 6.08 Å². The molecular formula is C27H38O17. The van der Waals surface area contributed by atoms with E-state index in [2.05, 4.69) is 0 Å². The third kappa shape index (κ3) is 7.72. The molecule has 3 heterocycles. The van der Waals surface area contributed by atoms with Crippen LogP contribution in [-0.2, 0) is 33.2 Å². The van der Waals surface area contributed by atoms with E-state index in [4.69, 9.17) is 33.2 Å². The van der Waals surface area contributed by atoms with Gasteiger partial charge in [-0.1, -0.05) is 12.1 Å². The molecule has 0 bridgehead atoms. The number of carbonyl (C=O) groups is 1. The van der Waals surface area contributed by atoms with E-state index in [1.807, 2.05) is 0 Å². The lowest BCUT2D eigenvalue weighted by Gasteiger charge is -2.44. The summed E-state index contributed by atoms with van der Waals surface area (Å²) in [4.78, 5) is 12.6. The first-order chi connectivity index (χ1) is 21.0. The molecule has 248 valence electrons. The van der Waals surface area contributed by atoms with Gasteiger partial charge in [-0.05, 0) is 23.8 Å². The topological polar surface area (TPSA) is 264 Å². The second-order valence-electron chi connectivity index (χ2n) is 10.4. The zero-order valence-corrected chi connectivity index (χ0v) is 23.5. The average Bonchev–Trinajstić information content (AvgIpc) is 3.30. The molecule has 0 saturated carbocycles. The van der Waals surface area contributed by atoms with Gasteiger partial charge >= 0.3 is 5.97 Å². The highest BCUT2D eigenvalue weighted by Crippen LogP contribution is 2.31. The Kier molecular flexibility index (Phi) is 12.0. The summed E-state index contributed by atoms with van der Waals surface area (Å²) in [5.74, 6) is -0.374. The molecule has 0 radical (unpaired) electrons. The van der Waals surface area contributed by atoms with Crippen molar-refractivity contribution in [2.75, 3.05) is 26.9 Å². The number of benzene rings is 1. The summed E-state index contributed by atoms with van der Waals surface area (Å²) in [6.07, 6.45) is -20.3. The standard InChI is InChI=1S/C27H38O17/c1-38-12-5-2-11(3-6-12)4-7-16(30)43-27-23(37)24(44-26-21(35)18(32)14(9-29)41-26)19(33)15(42-27)10-39-25-22(36)20(34)17(31)13(8-28)40-25/h2-7,13-15,17-29,31-37H,8-10H2,1H3/b7-4+/t13-,14+,15-,17-,18+,19-,20+,21-,22-,23-,24+,25-,26+,27+/m1/s1.